The Morgan fingerprint density at radius 2 is 2.12 bits per heavy atom. The van der Waals surface area contributed by atoms with E-state index < -0.39 is 5.60 Å². The Morgan fingerprint density at radius 1 is 1.47 bits per heavy atom. The van der Waals surface area contributed by atoms with Crippen molar-refractivity contribution >= 4 is 15.9 Å². The van der Waals surface area contributed by atoms with Crippen LogP contribution in [0, 0.1) is 5.92 Å². The third-order valence-electron chi connectivity index (χ3n) is 3.01. The fraction of sp³-hybridized carbons (Fsp3) is 0.538. The molecule has 0 spiro atoms. The molecule has 1 aromatic rings. The molecule has 0 aliphatic heterocycles. The normalized spacial score (nSPS) is 14.8. The lowest BCUT2D eigenvalue weighted by atomic mass is 9.94. The highest BCUT2D eigenvalue weighted by Gasteiger charge is 2.25. The van der Waals surface area contributed by atoms with Crippen LogP contribution in [0.5, 0.6) is 5.75 Å². The zero-order valence-corrected chi connectivity index (χ0v) is 12.1. The van der Waals surface area contributed by atoms with E-state index in [1.807, 2.05) is 32.0 Å². The number of nitrogens with two attached hydrogens (primary N) is 1. The molecule has 0 aliphatic carbocycles. The fourth-order valence-electron chi connectivity index (χ4n) is 1.19. The summed E-state index contributed by atoms with van der Waals surface area (Å²) in [5.74, 6) is 0.876. The predicted molar refractivity (Wildman–Crippen MR) is 73.0 cm³/mol. The summed E-state index contributed by atoms with van der Waals surface area (Å²) in [6, 6.07) is 5.65. The maximum atomic E-state index is 10.1. The summed E-state index contributed by atoms with van der Waals surface area (Å²) in [7, 11) is 0. The Bertz CT molecular complexity index is 378. The van der Waals surface area contributed by atoms with E-state index in [4.69, 9.17) is 10.5 Å². The minimum absolute atomic E-state index is 0.145. The number of halogens is 1. The van der Waals surface area contributed by atoms with Crippen LogP contribution in [0.1, 0.15) is 26.3 Å². The van der Waals surface area contributed by atoms with Crippen molar-refractivity contribution in [3.63, 3.8) is 0 Å². The highest BCUT2D eigenvalue weighted by atomic mass is 79.9. The molecule has 0 bridgehead atoms. The molecule has 96 valence electrons. The maximum absolute atomic E-state index is 10.1. The molecular formula is C13H20BrNO2. The van der Waals surface area contributed by atoms with Gasteiger partial charge in [0.1, 0.15) is 12.4 Å². The van der Waals surface area contributed by atoms with E-state index >= 15 is 0 Å². The van der Waals surface area contributed by atoms with Gasteiger partial charge in [0.2, 0.25) is 0 Å². The van der Waals surface area contributed by atoms with Gasteiger partial charge in [-0.05, 0) is 36.6 Å². The van der Waals surface area contributed by atoms with Gasteiger partial charge in [0, 0.05) is 11.0 Å². The van der Waals surface area contributed by atoms with Gasteiger partial charge in [-0.25, -0.2) is 0 Å². The average Bonchev–Trinajstić information content (AvgIpc) is 2.28. The Balaban J connectivity index is 2.70. The van der Waals surface area contributed by atoms with E-state index in [0.29, 0.717) is 6.54 Å². The van der Waals surface area contributed by atoms with Crippen LogP contribution in [0.15, 0.2) is 22.7 Å². The standard InChI is InChI=1S/C13H20BrNO2/c1-9(2)13(3,16)8-17-11-4-5-12(14)10(6-11)7-15/h4-6,9,16H,7-8,15H2,1-3H3. The molecule has 1 unspecified atom stereocenters. The fourth-order valence-corrected chi connectivity index (χ4v) is 1.60. The smallest absolute Gasteiger partial charge is 0.119 e. The molecule has 3 nitrogen and oxygen atoms in total. The topological polar surface area (TPSA) is 55.5 Å². The molecule has 1 rings (SSSR count). The lowest BCUT2D eigenvalue weighted by Crippen LogP contribution is -2.37. The number of hydrogen-bond acceptors (Lipinski definition) is 3. The quantitative estimate of drug-likeness (QED) is 0.879. The lowest BCUT2D eigenvalue weighted by molar-refractivity contribution is -0.0266. The molecule has 0 amide bonds. The first kappa shape index (κ1) is 14.5. The monoisotopic (exact) mass is 301 g/mol. The molecule has 0 fully saturated rings. The van der Waals surface area contributed by atoms with Crippen LogP contribution in [0.4, 0.5) is 0 Å². The van der Waals surface area contributed by atoms with Crippen molar-refractivity contribution in [2.24, 2.45) is 11.7 Å². The molecule has 4 heteroatoms. The third-order valence-corrected chi connectivity index (χ3v) is 3.79. The molecule has 0 radical (unpaired) electrons. The summed E-state index contributed by atoms with van der Waals surface area (Å²) in [6.45, 7) is 6.45. The van der Waals surface area contributed by atoms with Crippen molar-refractivity contribution in [2.45, 2.75) is 32.9 Å². The number of rotatable bonds is 5. The van der Waals surface area contributed by atoms with Crippen molar-refractivity contribution in [2.75, 3.05) is 6.61 Å². The van der Waals surface area contributed by atoms with Crippen LogP contribution in [-0.4, -0.2) is 17.3 Å². The van der Waals surface area contributed by atoms with E-state index in [-0.39, 0.29) is 12.5 Å². The van der Waals surface area contributed by atoms with Gasteiger partial charge in [-0.1, -0.05) is 29.8 Å². The Morgan fingerprint density at radius 3 is 2.65 bits per heavy atom. The van der Waals surface area contributed by atoms with Gasteiger partial charge in [-0.15, -0.1) is 0 Å². The van der Waals surface area contributed by atoms with Gasteiger partial charge >= 0.3 is 0 Å². The number of hydrogen-bond donors (Lipinski definition) is 2. The Hall–Kier alpha value is -0.580. The van der Waals surface area contributed by atoms with E-state index in [9.17, 15) is 5.11 Å². The first-order chi connectivity index (χ1) is 7.86. The Kier molecular flexibility index (Phi) is 4.98. The molecule has 1 aromatic carbocycles. The van der Waals surface area contributed by atoms with E-state index in [2.05, 4.69) is 15.9 Å². The molecule has 3 N–H and O–H groups in total. The van der Waals surface area contributed by atoms with Crippen LogP contribution in [-0.2, 0) is 6.54 Å². The molecule has 0 aliphatic rings. The van der Waals surface area contributed by atoms with E-state index in [1.54, 1.807) is 6.92 Å². The first-order valence-electron chi connectivity index (χ1n) is 5.70. The second kappa shape index (κ2) is 5.85. The number of benzene rings is 1. The largest absolute Gasteiger partial charge is 0.491 e. The number of ether oxygens (including phenoxy) is 1. The minimum atomic E-state index is -0.823. The van der Waals surface area contributed by atoms with Gasteiger partial charge in [0.05, 0.1) is 5.60 Å². The number of aliphatic hydroxyl groups is 1. The van der Waals surface area contributed by atoms with Crippen LogP contribution >= 0.6 is 15.9 Å². The lowest BCUT2D eigenvalue weighted by Gasteiger charge is -2.27. The summed E-state index contributed by atoms with van der Waals surface area (Å²) in [5.41, 5.74) is 5.78. The van der Waals surface area contributed by atoms with Crippen LogP contribution in [0.3, 0.4) is 0 Å². The second-order valence-corrected chi connectivity index (χ2v) is 5.61. The van der Waals surface area contributed by atoms with Gasteiger partial charge in [-0.2, -0.15) is 0 Å². The van der Waals surface area contributed by atoms with Crippen molar-refractivity contribution in [1.29, 1.82) is 0 Å². The third kappa shape index (κ3) is 3.98. The van der Waals surface area contributed by atoms with E-state index in [1.165, 1.54) is 0 Å². The van der Waals surface area contributed by atoms with Crippen molar-refractivity contribution in [3.05, 3.63) is 28.2 Å². The van der Waals surface area contributed by atoms with Gasteiger partial charge < -0.3 is 15.6 Å². The van der Waals surface area contributed by atoms with Crippen molar-refractivity contribution < 1.29 is 9.84 Å². The first-order valence-corrected chi connectivity index (χ1v) is 6.50. The zero-order valence-electron chi connectivity index (χ0n) is 10.5. The minimum Gasteiger partial charge on any atom is -0.491 e. The highest BCUT2D eigenvalue weighted by molar-refractivity contribution is 9.10. The van der Waals surface area contributed by atoms with Crippen LogP contribution in [0.2, 0.25) is 0 Å². The molecule has 0 aromatic heterocycles. The zero-order chi connectivity index (χ0) is 13.1. The summed E-state index contributed by atoms with van der Waals surface area (Å²) < 4.78 is 6.58. The van der Waals surface area contributed by atoms with E-state index in [0.717, 1.165) is 15.8 Å². The Labute approximate surface area is 111 Å². The van der Waals surface area contributed by atoms with Gasteiger partial charge in [-0.3, -0.25) is 0 Å². The van der Waals surface area contributed by atoms with Crippen molar-refractivity contribution in [1.82, 2.24) is 0 Å². The maximum Gasteiger partial charge on any atom is 0.119 e. The van der Waals surface area contributed by atoms with Gasteiger partial charge in [0.25, 0.3) is 0 Å². The van der Waals surface area contributed by atoms with Crippen LogP contribution in [0.25, 0.3) is 0 Å². The highest BCUT2D eigenvalue weighted by Crippen LogP contribution is 2.24. The average molecular weight is 302 g/mol. The molecule has 1 atom stereocenters. The molecule has 0 heterocycles. The van der Waals surface area contributed by atoms with Crippen molar-refractivity contribution in [3.8, 4) is 5.75 Å². The summed E-state index contributed by atoms with van der Waals surface area (Å²) >= 11 is 3.42. The molecule has 17 heavy (non-hydrogen) atoms. The summed E-state index contributed by atoms with van der Waals surface area (Å²) in [4.78, 5) is 0. The predicted octanol–water partition coefficient (Wildman–Crippen LogP) is 2.69. The SMILES string of the molecule is CC(C)C(C)(O)COc1ccc(Br)c(CN)c1. The summed E-state index contributed by atoms with van der Waals surface area (Å²) in [6.07, 6.45) is 0. The molecular weight excluding hydrogens is 282 g/mol. The van der Waals surface area contributed by atoms with Crippen LogP contribution < -0.4 is 10.5 Å². The molecule has 0 saturated carbocycles. The molecule has 0 saturated heterocycles. The van der Waals surface area contributed by atoms with Gasteiger partial charge in [0.15, 0.2) is 0 Å². The summed E-state index contributed by atoms with van der Waals surface area (Å²) in [5, 5.41) is 10.1. The second-order valence-electron chi connectivity index (χ2n) is 4.76.